The second-order valence-electron chi connectivity index (χ2n) is 4.72. The van der Waals surface area contributed by atoms with Crippen LogP contribution in [0.4, 0.5) is 0 Å². The fourth-order valence-corrected chi connectivity index (χ4v) is 2.60. The van der Waals surface area contributed by atoms with Crippen molar-refractivity contribution in [1.29, 1.82) is 0 Å². The molecule has 0 aromatic carbocycles. The van der Waals surface area contributed by atoms with E-state index in [1.165, 1.54) is 0 Å². The molecule has 5 heteroatoms. The number of aryl methyl sites for hydroxylation is 1. The van der Waals surface area contributed by atoms with Crippen LogP contribution in [0, 0.1) is 0 Å². The zero-order valence-corrected chi connectivity index (χ0v) is 13.2. The van der Waals surface area contributed by atoms with E-state index in [-0.39, 0.29) is 12.1 Å². The zero-order valence-electron chi connectivity index (χ0n) is 12.4. The third-order valence-electron chi connectivity index (χ3n) is 3.17. The van der Waals surface area contributed by atoms with Gasteiger partial charge in [0, 0.05) is 13.7 Å². The average molecular weight is 288 g/mol. The Hall–Kier alpha value is -0.580. The standard InChI is InChI=1S/C14H26ClN3O/c1-5-8-12(19-7-3)13(16-9-6-2)14-11(15)10-17-18(14)4/h10,12-13,16H,5-9H2,1-4H3. The molecule has 4 nitrogen and oxygen atoms in total. The van der Waals surface area contributed by atoms with Crippen LogP contribution in [0.25, 0.3) is 0 Å². The van der Waals surface area contributed by atoms with Gasteiger partial charge in [0.25, 0.3) is 0 Å². The van der Waals surface area contributed by atoms with Crippen molar-refractivity contribution in [2.24, 2.45) is 7.05 Å². The summed E-state index contributed by atoms with van der Waals surface area (Å²) in [5.41, 5.74) is 1.02. The summed E-state index contributed by atoms with van der Waals surface area (Å²) in [7, 11) is 1.93. The van der Waals surface area contributed by atoms with Gasteiger partial charge >= 0.3 is 0 Å². The van der Waals surface area contributed by atoms with Gasteiger partial charge < -0.3 is 10.1 Å². The minimum atomic E-state index is 0.0971. The van der Waals surface area contributed by atoms with E-state index in [9.17, 15) is 0 Å². The normalized spacial score (nSPS) is 14.6. The largest absolute Gasteiger partial charge is 0.376 e. The summed E-state index contributed by atoms with van der Waals surface area (Å²) >= 11 is 6.28. The molecule has 0 aliphatic rings. The van der Waals surface area contributed by atoms with Crippen LogP contribution < -0.4 is 5.32 Å². The lowest BCUT2D eigenvalue weighted by Gasteiger charge is -2.28. The van der Waals surface area contributed by atoms with Crippen LogP contribution in [-0.2, 0) is 11.8 Å². The van der Waals surface area contributed by atoms with E-state index in [0.29, 0.717) is 11.6 Å². The average Bonchev–Trinajstić information content (AvgIpc) is 2.71. The van der Waals surface area contributed by atoms with Gasteiger partial charge in [0.05, 0.1) is 29.1 Å². The zero-order chi connectivity index (χ0) is 14.3. The van der Waals surface area contributed by atoms with Crippen LogP contribution in [0.1, 0.15) is 51.8 Å². The summed E-state index contributed by atoms with van der Waals surface area (Å²) in [6, 6.07) is 0.0971. The summed E-state index contributed by atoms with van der Waals surface area (Å²) in [5, 5.41) is 8.50. The number of aromatic nitrogens is 2. The molecule has 0 spiro atoms. The molecule has 1 heterocycles. The minimum Gasteiger partial charge on any atom is -0.376 e. The highest BCUT2D eigenvalue weighted by molar-refractivity contribution is 6.31. The predicted molar refractivity (Wildman–Crippen MR) is 79.6 cm³/mol. The van der Waals surface area contributed by atoms with Crippen molar-refractivity contribution in [2.75, 3.05) is 13.2 Å². The van der Waals surface area contributed by atoms with Crippen LogP contribution in [0.2, 0.25) is 5.02 Å². The van der Waals surface area contributed by atoms with E-state index in [1.807, 2.05) is 18.7 Å². The number of ether oxygens (including phenoxy) is 1. The number of nitrogens with one attached hydrogen (secondary N) is 1. The molecule has 0 fully saturated rings. The fraction of sp³-hybridized carbons (Fsp3) is 0.786. The monoisotopic (exact) mass is 287 g/mol. The van der Waals surface area contributed by atoms with Crippen molar-refractivity contribution in [1.82, 2.24) is 15.1 Å². The number of rotatable bonds is 9. The molecular weight excluding hydrogens is 262 g/mol. The topological polar surface area (TPSA) is 39.1 Å². The van der Waals surface area contributed by atoms with Gasteiger partial charge in [-0.15, -0.1) is 0 Å². The molecular formula is C14H26ClN3O. The molecule has 0 saturated heterocycles. The maximum Gasteiger partial charge on any atom is 0.0835 e. The smallest absolute Gasteiger partial charge is 0.0835 e. The molecule has 0 aliphatic heterocycles. The van der Waals surface area contributed by atoms with Crippen molar-refractivity contribution in [3.8, 4) is 0 Å². The number of hydrogen-bond donors (Lipinski definition) is 1. The first-order valence-electron chi connectivity index (χ1n) is 7.17. The third-order valence-corrected chi connectivity index (χ3v) is 3.46. The first kappa shape index (κ1) is 16.5. The first-order chi connectivity index (χ1) is 9.15. The van der Waals surface area contributed by atoms with Gasteiger partial charge in [0.15, 0.2) is 0 Å². The van der Waals surface area contributed by atoms with Crippen LogP contribution >= 0.6 is 11.6 Å². The Kier molecular flexibility index (Phi) is 7.42. The van der Waals surface area contributed by atoms with E-state index < -0.39 is 0 Å². The Labute approximate surface area is 121 Å². The van der Waals surface area contributed by atoms with Crippen molar-refractivity contribution in [3.63, 3.8) is 0 Å². The Morgan fingerprint density at radius 2 is 2.11 bits per heavy atom. The van der Waals surface area contributed by atoms with Crippen molar-refractivity contribution in [2.45, 2.75) is 52.2 Å². The Morgan fingerprint density at radius 1 is 1.37 bits per heavy atom. The highest BCUT2D eigenvalue weighted by Gasteiger charge is 2.27. The maximum absolute atomic E-state index is 6.28. The van der Waals surface area contributed by atoms with Crippen LogP contribution in [0.3, 0.4) is 0 Å². The molecule has 2 unspecified atom stereocenters. The van der Waals surface area contributed by atoms with Crippen LogP contribution in [-0.4, -0.2) is 29.0 Å². The van der Waals surface area contributed by atoms with E-state index in [4.69, 9.17) is 16.3 Å². The quantitative estimate of drug-likeness (QED) is 0.757. The van der Waals surface area contributed by atoms with E-state index in [0.717, 1.165) is 31.5 Å². The predicted octanol–water partition coefficient (Wildman–Crippen LogP) is 3.32. The number of nitrogens with zero attached hydrogens (tertiary/aromatic N) is 2. The van der Waals surface area contributed by atoms with Gasteiger partial charge in [0.2, 0.25) is 0 Å². The number of halogens is 1. The SMILES string of the molecule is CCCNC(c1c(Cl)cnn1C)C(CCC)OCC. The third kappa shape index (κ3) is 4.48. The Balaban J connectivity index is 2.97. The Bertz CT molecular complexity index is 342. The second-order valence-corrected chi connectivity index (χ2v) is 5.12. The lowest BCUT2D eigenvalue weighted by atomic mass is 10.0. The number of hydrogen-bond acceptors (Lipinski definition) is 3. The molecule has 1 aromatic heterocycles. The molecule has 0 bridgehead atoms. The molecule has 2 atom stereocenters. The van der Waals surface area contributed by atoms with Gasteiger partial charge in [-0.25, -0.2) is 0 Å². The molecule has 19 heavy (non-hydrogen) atoms. The molecule has 0 amide bonds. The summed E-state index contributed by atoms with van der Waals surface area (Å²) in [6.07, 6.45) is 5.01. The molecule has 1 N–H and O–H groups in total. The minimum absolute atomic E-state index is 0.0971. The molecule has 0 aliphatic carbocycles. The van der Waals surface area contributed by atoms with Gasteiger partial charge in [-0.05, 0) is 26.3 Å². The molecule has 0 saturated carbocycles. The maximum atomic E-state index is 6.28. The van der Waals surface area contributed by atoms with E-state index in [1.54, 1.807) is 6.20 Å². The van der Waals surface area contributed by atoms with Crippen molar-refractivity contribution >= 4 is 11.6 Å². The lowest BCUT2D eigenvalue weighted by Crippen LogP contribution is -2.36. The first-order valence-corrected chi connectivity index (χ1v) is 7.55. The van der Waals surface area contributed by atoms with Crippen LogP contribution in [0.5, 0.6) is 0 Å². The van der Waals surface area contributed by atoms with E-state index in [2.05, 4.69) is 24.3 Å². The van der Waals surface area contributed by atoms with Gasteiger partial charge in [-0.1, -0.05) is 31.9 Å². The van der Waals surface area contributed by atoms with Gasteiger partial charge in [0.1, 0.15) is 0 Å². The molecule has 1 aromatic rings. The lowest BCUT2D eigenvalue weighted by molar-refractivity contribution is 0.0256. The highest BCUT2D eigenvalue weighted by atomic mass is 35.5. The van der Waals surface area contributed by atoms with Gasteiger partial charge in [-0.3, -0.25) is 4.68 Å². The molecule has 0 radical (unpaired) electrons. The molecule has 110 valence electrons. The Morgan fingerprint density at radius 3 is 2.58 bits per heavy atom. The summed E-state index contributed by atoms with van der Waals surface area (Å²) in [6.45, 7) is 8.02. The van der Waals surface area contributed by atoms with Crippen molar-refractivity contribution in [3.05, 3.63) is 16.9 Å². The van der Waals surface area contributed by atoms with E-state index >= 15 is 0 Å². The summed E-state index contributed by atoms with van der Waals surface area (Å²) in [5.74, 6) is 0. The summed E-state index contributed by atoms with van der Waals surface area (Å²) < 4.78 is 7.76. The molecule has 1 rings (SSSR count). The van der Waals surface area contributed by atoms with Gasteiger partial charge in [-0.2, -0.15) is 5.10 Å². The second kappa shape index (κ2) is 8.56. The van der Waals surface area contributed by atoms with Crippen molar-refractivity contribution < 1.29 is 4.74 Å². The highest BCUT2D eigenvalue weighted by Crippen LogP contribution is 2.28. The van der Waals surface area contributed by atoms with Crippen LogP contribution in [0.15, 0.2) is 6.20 Å². The fourth-order valence-electron chi connectivity index (χ4n) is 2.32. The summed E-state index contributed by atoms with van der Waals surface area (Å²) in [4.78, 5) is 0.